The number of hydrogen-bond donors (Lipinski definition) is 2. The topological polar surface area (TPSA) is 88.4 Å². The van der Waals surface area contributed by atoms with Crippen LogP contribution in [0.4, 0.5) is 0 Å². The standard InChI is InChI=1S/C12H15N5O2/c1-13-9(18)3-2-4-16-12(19)10-11-15-6-8-17(11)7-5-14-10/h5-8H,2-4H2,1H3,(H,13,18)(H,16,19). The summed E-state index contributed by atoms with van der Waals surface area (Å²) >= 11 is 0. The third kappa shape index (κ3) is 3.06. The number of imidazole rings is 1. The SMILES string of the molecule is CNC(=O)CCCNC(=O)c1nccn2ccnc12. The first kappa shape index (κ1) is 13.0. The van der Waals surface area contributed by atoms with Gasteiger partial charge in [-0.3, -0.25) is 9.59 Å². The molecule has 0 aliphatic rings. The molecule has 0 fully saturated rings. The highest BCUT2D eigenvalue weighted by Crippen LogP contribution is 2.04. The molecule has 2 aromatic rings. The summed E-state index contributed by atoms with van der Waals surface area (Å²) in [5.41, 5.74) is 0.804. The maximum absolute atomic E-state index is 11.9. The minimum absolute atomic E-state index is 0.0391. The average molecular weight is 261 g/mol. The molecule has 0 atom stereocenters. The Hall–Kier alpha value is -2.44. The van der Waals surface area contributed by atoms with E-state index in [9.17, 15) is 9.59 Å². The summed E-state index contributed by atoms with van der Waals surface area (Å²) in [7, 11) is 1.59. The number of aromatic nitrogens is 3. The monoisotopic (exact) mass is 261 g/mol. The minimum atomic E-state index is -0.284. The van der Waals surface area contributed by atoms with Gasteiger partial charge in [-0.2, -0.15) is 0 Å². The first-order chi connectivity index (χ1) is 9.22. The molecule has 7 heteroatoms. The third-order valence-corrected chi connectivity index (χ3v) is 2.67. The fraction of sp³-hybridized carbons (Fsp3) is 0.333. The van der Waals surface area contributed by atoms with Gasteiger partial charge in [-0.1, -0.05) is 0 Å². The van der Waals surface area contributed by atoms with E-state index in [0.29, 0.717) is 25.0 Å². The van der Waals surface area contributed by atoms with Crippen LogP contribution in [-0.4, -0.2) is 39.8 Å². The Balaban J connectivity index is 1.93. The number of nitrogens with zero attached hydrogens (tertiary/aromatic N) is 3. The van der Waals surface area contributed by atoms with Crippen LogP contribution in [0.25, 0.3) is 5.65 Å². The fourth-order valence-corrected chi connectivity index (χ4v) is 1.67. The number of rotatable bonds is 5. The van der Waals surface area contributed by atoms with E-state index in [-0.39, 0.29) is 17.5 Å². The summed E-state index contributed by atoms with van der Waals surface area (Å²) < 4.78 is 1.73. The van der Waals surface area contributed by atoms with Crippen LogP contribution in [0.5, 0.6) is 0 Å². The number of hydrogen-bond acceptors (Lipinski definition) is 4. The molecule has 0 saturated carbocycles. The second-order valence-corrected chi connectivity index (χ2v) is 3.97. The molecule has 2 N–H and O–H groups in total. The molecule has 2 amide bonds. The van der Waals surface area contributed by atoms with E-state index in [4.69, 9.17) is 0 Å². The summed E-state index contributed by atoms with van der Waals surface area (Å²) in [4.78, 5) is 31.1. The van der Waals surface area contributed by atoms with Gasteiger partial charge in [-0.15, -0.1) is 0 Å². The zero-order valence-electron chi connectivity index (χ0n) is 10.6. The summed E-state index contributed by atoms with van der Waals surface area (Å²) in [5, 5.41) is 5.25. The number of fused-ring (bicyclic) bond motifs is 1. The molecule has 7 nitrogen and oxygen atoms in total. The third-order valence-electron chi connectivity index (χ3n) is 2.67. The lowest BCUT2D eigenvalue weighted by Gasteiger charge is -2.05. The molecule has 19 heavy (non-hydrogen) atoms. The van der Waals surface area contributed by atoms with E-state index in [1.54, 1.807) is 36.2 Å². The minimum Gasteiger partial charge on any atom is -0.359 e. The quantitative estimate of drug-likeness (QED) is 0.741. The fourth-order valence-electron chi connectivity index (χ4n) is 1.67. The van der Waals surface area contributed by atoms with Gasteiger partial charge >= 0.3 is 0 Å². The predicted octanol–water partition coefficient (Wildman–Crippen LogP) is -0.0147. The number of carbonyl (C=O) groups is 2. The predicted molar refractivity (Wildman–Crippen MR) is 68.6 cm³/mol. The molecule has 2 aromatic heterocycles. The van der Waals surface area contributed by atoms with E-state index >= 15 is 0 Å². The van der Waals surface area contributed by atoms with Crippen LogP contribution in [0.3, 0.4) is 0 Å². The Kier molecular flexibility index (Phi) is 4.07. The molecule has 0 radical (unpaired) electrons. The Bertz CT molecular complexity index is 593. The van der Waals surface area contributed by atoms with Gasteiger partial charge in [0.05, 0.1) is 0 Å². The van der Waals surface area contributed by atoms with Crippen molar-refractivity contribution in [1.82, 2.24) is 25.0 Å². The first-order valence-corrected chi connectivity index (χ1v) is 5.99. The van der Waals surface area contributed by atoms with Crippen LogP contribution in [-0.2, 0) is 4.79 Å². The number of nitrogens with one attached hydrogen (secondary N) is 2. The highest BCUT2D eigenvalue weighted by molar-refractivity contribution is 5.97. The molecule has 0 aliphatic heterocycles. The summed E-state index contributed by atoms with van der Waals surface area (Å²) in [6.07, 6.45) is 7.61. The van der Waals surface area contributed by atoms with Crippen molar-refractivity contribution in [2.75, 3.05) is 13.6 Å². The van der Waals surface area contributed by atoms with Crippen LogP contribution in [0.15, 0.2) is 24.8 Å². The van der Waals surface area contributed by atoms with Crippen LogP contribution in [0.1, 0.15) is 23.3 Å². The van der Waals surface area contributed by atoms with Crippen molar-refractivity contribution in [3.8, 4) is 0 Å². The summed E-state index contributed by atoms with van der Waals surface area (Å²) in [6, 6.07) is 0. The Morgan fingerprint density at radius 2 is 2.00 bits per heavy atom. The van der Waals surface area contributed by atoms with E-state index in [1.807, 2.05) is 0 Å². The van der Waals surface area contributed by atoms with Crippen molar-refractivity contribution >= 4 is 17.5 Å². The van der Waals surface area contributed by atoms with Gasteiger partial charge in [0.2, 0.25) is 5.91 Å². The second kappa shape index (κ2) is 5.94. The second-order valence-electron chi connectivity index (χ2n) is 3.97. The van der Waals surface area contributed by atoms with E-state index in [1.165, 1.54) is 0 Å². The lowest BCUT2D eigenvalue weighted by molar-refractivity contribution is -0.120. The van der Waals surface area contributed by atoms with E-state index in [0.717, 1.165) is 0 Å². The van der Waals surface area contributed by atoms with Gasteiger partial charge in [-0.05, 0) is 6.42 Å². The van der Waals surface area contributed by atoms with E-state index in [2.05, 4.69) is 20.6 Å². The molecular formula is C12H15N5O2. The maximum Gasteiger partial charge on any atom is 0.273 e. The maximum atomic E-state index is 11.9. The van der Waals surface area contributed by atoms with Gasteiger partial charge in [0.15, 0.2) is 11.3 Å². The Morgan fingerprint density at radius 3 is 2.74 bits per heavy atom. The molecule has 0 aromatic carbocycles. The van der Waals surface area contributed by atoms with Crippen molar-refractivity contribution in [2.24, 2.45) is 0 Å². The molecule has 2 rings (SSSR count). The Morgan fingerprint density at radius 1 is 1.26 bits per heavy atom. The normalized spacial score (nSPS) is 10.4. The molecule has 100 valence electrons. The molecule has 0 unspecified atom stereocenters. The van der Waals surface area contributed by atoms with Crippen molar-refractivity contribution in [3.63, 3.8) is 0 Å². The lowest BCUT2D eigenvalue weighted by Crippen LogP contribution is -2.27. The highest BCUT2D eigenvalue weighted by Gasteiger charge is 2.12. The van der Waals surface area contributed by atoms with Crippen LogP contribution < -0.4 is 10.6 Å². The van der Waals surface area contributed by atoms with Crippen molar-refractivity contribution in [2.45, 2.75) is 12.8 Å². The molecule has 0 saturated heterocycles. The zero-order valence-corrected chi connectivity index (χ0v) is 10.6. The molecule has 2 heterocycles. The van der Waals surface area contributed by atoms with Crippen LogP contribution in [0, 0.1) is 0 Å². The van der Waals surface area contributed by atoms with Crippen molar-refractivity contribution < 1.29 is 9.59 Å². The van der Waals surface area contributed by atoms with Crippen LogP contribution in [0.2, 0.25) is 0 Å². The zero-order chi connectivity index (χ0) is 13.7. The molecule has 0 spiro atoms. The smallest absolute Gasteiger partial charge is 0.273 e. The highest BCUT2D eigenvalue weighted by atomic mass is 16.2. The first-order valence-electron chi connectivity index (χ1n) is 5.99. The molecular weight excluding hydrogens is 246 g/mol. The largest absolute Gasteiger partial charge is 0.359 e. The van der Waals surface area contributed by atoms with Gasteiger partial charge < -0.3 is 15.0 Å². The van der Waals surface area contributed by atoms with Gasteiger partial charge in [0.1, 0.15) is 0 Å². The van der Waals surface area contributed by atoms with Gasteiger partial charge in [0, 0.05) is 44.8 Å². The Labute approximate surface area is 110 Å². The molecule has 0 bridgehead atoms. The number of carbonyl (C=O) groups excluding carboxylic acids is 2. The lowest BCUT2D eigenvalue weighted by atomic mass is 10.3. The average Bonchev–Trinajstić information content (AvgIpc) is 2.91. The summed E-state index contributed by atoms with van der Waals surface area (Å²) in [6.45, 7) is 0.426. The van der Waals surface area contributed by atoms with Crippen molar-refractivity contribution in [3.05, 3.63) is 30.5 Å². The van der Waals surface area contributed by atoms with Crippen molar-refractivity contribution in [1.29, 1.82) is 0 Å². The van der Waals surface area contributed by atoms with Crippen LogP contribution >= 0.6 is 0 Å². The summed E-state index contributed by atoms with van der Waals surface area (Å²) in [5.74, 6) is -0.323. The number of amides is 2. The van der Waals surface area contributed by atoms with Gasteiger partial charge in [-0.25, -0.2) is 9.97 Å². The van der Waals surface area contributed by atoms with E-state index < -0.39 is 0 Å². The molecule has 0 aliphatic carbocycles. The van der Waals surface area contributed by atoms with Gasteiger partial charge in [0.25, 0.3) is 5.91 Å².